The zero-order valence-electron chi connectivity index (χ0n) is 11.7. The molecule has 1 aromatic rings. The quantitative estimate of drug-likeness (QED) is 0.762. The van der Waals surface area contributed by atoms with Crippen LogP contribution in [-0.2, 0) is 12.8 Å². The third kappa shape index (κ3) is 2.00. The normalized spacial score (nSPS) is 27.4. The van der Waals surface area contributed by atoms with E-state index in [0.717, 1.165) is 37.2 Å². The average Bonchev–Trinajstić information content (AvgIpc) is 2.68. The molecular formula is C15H23N3. The summed E-state index contributed by atoms with van der Waals surface area (Å²) in [4.78, 5) is 11.9. The van der Waals surface area contributed by atoms with Gasteiger partial charge in [0, 0.05) is 24.3 Å². The van der Waals surface area contributed by atoms with Crippen LogP contribution < -0.4 is 4.90 Å². The lowest BCUT2D eigenvalue weighted by Crippen LogP contribution is -2.25. The minimum absolute atomic E-state index is 0.777. The highest BCUT2D eigenvalue weighted by molar-refractivity contribution is 5.51. The van der Waals surface area contributed by atoms with Gasteiger partial charge in [0.2, 0.25) is 0 Å². The number of rotatable bonds is 1. The Kier molecular flexibility index (Phi) is 3.00. The third-order valence-corrected chi connectivity index (χ3v) is 4.56. The molecular weight excluding hydrogens is 222 g/mol. The smallest absolute Gasteiger partial charge is 0.135 e. The Balaban J connectivity index is 1.98. The molecule has 3 rings (SSSR count). The van der Waals surface area contributed by atoms with Crippen molar-refractivity contribution in [1.82, 2.24) is 9.97 Å². The van der Waals surface area contributed by atoms with Crippen LogP contribution >= 0.6 is 0 Å². The maximum Gasteiger partial charge on any atom is 0.135 e. The summed E-state index contributed by atoms with van der Waals surface area (Å²) in [7, 11) is 0. The van der Waals surface area contributed by atoms with Gasteiger partial charge in [0.15, 0.2) is 0 Å². The minimum atomic E-state index is 0.777. The van der Waals surface area contributed by atoms with Gasteiger partial charge in [-0.2, -0.15) is 0 Å². The first-order valence-electron chi connectivity index (χ1n) is 7.26. The highest BCUT2D eigenvalue weighted by Gasteiger charge is 2.30. The van der Waals surface area contributed by atoms with E-state index >= 15 is 0 Å². The fraction of sp³-hybridized carbons (Fsp3) is 0.733. The number of fused-ring (bicyclic) bond motifs is 1. The van der Waals surface area contributed by atoms with E-state index in [1.54, 1.807) is 0 Å². The highest BCUT2D eigenvalue weighted by atomic mass is 15.2. The molecule has 3 heteroatoms. The number of aryl methyl sites for hydroxylation is 2. The molecule has 0 aromatic carbocycles. The summed E-state index contributed by atoms with van der Waals surface area (Å²) >= 11 is 0. The van der Waals surface area contributed by atoms with E-state index in [1.807, 2.05) is 6.92 Å². The Hall–Kier alpha value is -1.12. The van der Waals surface area contributed by atoms with E-state index in [4.69, 9.17) is 4.98 Å². The molecule has 0 amide bonds. The van der Waals surface area contributed by atoms with Crippen molar-refractivity contribution < 1.29 is 0 Å². The first-order chi connectivity index (χ1) is 8.65. The summed E-state index contributed by atoms with van der Waals surface area (Å²) in [5, 5.41) is 0. The van der Waals surface area contributed by atoms with Gasteiger partial charge in [0.1, 0.15) is 11.6 Å². The summed E-state index contributed by atoms with van der Waals surface area (Å²) < 4.78 is 0. The van der Waals surface area contributed by atoms with Gasteiger partial charge in [-0.3, -0.25) is 0 Å². The van der Waals surface area contributed by atoms with Crippen molar-refractivity contribution in [1.29, 1.82) is 0 Å². The van der Waals surface area contributed by atoms with Gasteiger partial charge in [-0.1, -0.05) is 13.8 Å². The fourth-order valence-electron chi connectivity index (χ4n) is 3.26. The maximum absolute atomic E-state index is 4.75. The lowest BCUT2D eigenvalue weighted by Gasteiger charge is -2.25. The van der Waals surface area contributed by atoms with Gasteiger partial charge < -0.3 is 4.90 Å². The molecule has 2 atom stereocenters. The minimum Gasteiger partial charge on any atom is -0.356 e. The van der Waals surface area contributed by atoms with Crippen molar-refractivity contribution in [3.63, 3.8) is 0 Å². The molecule has 0 bridgehead atoms. The lowest BCUT2D eigenvalue weighted by atomic mass is 9.96. The standard InChI is InChI=1S/C15H23N3/c1-10-8-18(9-11(10)2)15-13-6-4-5-7-14(13)16-12(3)17-15/h10-11H,4-9H2,1-3H3. The highest BCUT2D eigenvalue weighted by Crippen LogP contribution is 2.32. The van der Waals surface area contributed by atoms with Crippen LogP contribution in [0, 0.1) is 18.8 Å². The second kappa shape index (κ2) is 4.52. The number of hydrogen-bond acceptors (Lipinski definition) is 3. The zero-order chi connectivity index (χ0) is 12.7. The van der Waals surface area contributed by atoms with E-state index in [1.165, 1.54) is 36.3 Å². The van der Waals surface area contributed by atoms with Crippen molar-refractivity contribution >= 4 is 5.82 Å². The van der Waals surface area contributed by atoms with E-state index < -0.39 is 0 Å². The molecule has 1 saturated heterocycles. The number of anilines is 1. The SMILES string of the molecule is Cc1nc2c(c(N3CC(C)C(C)C3)n1)CCCC2. The molecule has 18 heavy (non-hydrogen) atoms. The van der Waals surface area contributed by atoms with Gasteiger partial charge >= 0.3 is 0 Å². The van der Waals surface area contributed by atoms with Gasteiger partial charge in [-0.15, -0.1) is 0 Å². The second-order valence-corrected chi connectivity index (χ2v) is 6.09. The summed E-state index contributed by atoms with van der Waals surface area (Å²) in [6, 6.07) is 0. The molecule has 1 fully saturated rings. The Bertz CT molecular complexity index is 445. The Labute approximate surface area is 110 Å². The molecule has 2 unspecified atom stereocenters. The number of nitrogens with zero attached hydrogens (tertiary/aromatic N) is 3. The average molecular weight is 245 g/mol. The second-order valence-electron chi connectivity index (χ2n) is 6.09. The van der Waals surface area contributed by atoms with Crippen molar-refractivity contribution in [2.75, 3.05) is 18.0 Å². The van der Waals surface area contributed by atoms with E-state index in [0.29, 0.717) is 0 Å². The molecule has 3 nitrogen and oxygen atoms in total. The van der Waals surface area contributed by atoms with Crippen LogP contribution in [-0.4, -0.2) is 23.1 Å². The van der Waals surface area contributed by atoms with Crippen molar-refractivity contribution in [3.05, 3.63) is 17.1 Å². The molecule has 1 aliphatic heterocycles. The first kappa shape index (κ1) is 11.9. The lowest BCUT2D eigenvalue weighted by molar-refractivity contribution is 0.494. The largest absolute Gasteiger partial charge is 0.356 e. The zero-order valence-corrected chi connectivity index (χ0v) is 11.7. The fourth-order valence-corrected chi connectivity index (χ4v) is 3.26. The van der Waals surface area contributed by atoms with E-state index in [2.05, 4.69) is 23.7 Å². The molecule has 98 valence electrons. The number of hydrogen-bond donors (Lipinski definition) is 0. The summed E-state index contributed by atoms with van der Waals surface area (Å²) in [5.74, 6) is 3.74. The van der Waals surface area contributed by atoms with Crippen molar-refractivity contribution in [2.24, 2.45) is 11.8 Å². The summed E-state index contributed by atoms with van der Waals surface area (Å²) in [5.41, 5.74) is 2.75. The topological polar surface area (TPSA) is 29.0 Å². The Morgan fingerprint density at radius 3 is 2.39 bits per heavy atom. The molecule has 1 aliphatic carbocycles. The molecule has 2 heterocycles. The number of aromatic nitrogens is 2. The van der Waals surface area contributed by atoms with Crippen LogP contribution in [0.5, 0.6) is 0 Å². The van der Waals surface area contributed by atoms with Crippen LogP contribution in [0.25, 0.3) is 0 Å². The molecule has 2 aliphatic rings. The Morgan fingerprint density at radius 2 is 1.67 bits per heavy atom. The molecule has 0 radical (unpaired) electrons. The predicted octanol–water partition coefficient (Wildman–Crippen LogP) is 2.76. The third-order valence-electron chi connectivity index (χ3n) is 4.56. The first-order valence-corrected chi connectivity index (χ1v) is 7.26. The van der Waals surface area contributed by atoms with Crippen LogP contribution in [0.3, 0.4) is 0 Å². The predicted molar refractivity (Wildman–Crippen MR) is 74.0 cm³/mol. The summed E-state index contributed by atoms with van der Waals surface area (Å²) in [6.07, 6.45) is 4.90. The van der Waals surface area contributed by atoms with Gasteiger partial charge in [-0.05, 0) is 44.4 Å². The van der Waals surface area contributed by atoms with Crippen LogP contribution in [0.2, 0.25) is 0 Å². The Morgan fingerprint density at radius 1 is 1.00 bits per heavy atom. The van der Waals surface area contributed by atoms with E-state index in [-0.39, 0.29) is 0 Å². The van der Waals surface area contributed by atoms with Gasteiger partial charge in [0.25, 0.3) is 0 Å². The molecule has 0 saturated carbocycles. The van der Waals surface area contributed by atoms with Crippen LogP contribution in [0.1, 0.15) is 43.8 Å². The van der Waals surface area contributed by atoms with Gasteiger partial charge in [-0.25, -0.2) is 9.97 Å². The summed E-state index contributed by atoms with van der Waals surface area (Å²) in [6.45, 7) is 9.05. The van der Waals surface area contributed by atoms with Crippen LogP contribution in [0.15, 0.2) is 0 Å². The van der Waals surface area contributed by atoms with E-state index in [9.17, 15) is 0 Å². The van der Waals surface area contributed by atoms with Crippen molar-refractivity contribution in [3.8, 4) is 0 Å². The molecule has 0 spiro atoms. The molecule has 0 N–H and O–H groups in total. The van der Waals surface area contributed by atoms with Crippen molar-refractivity contribution in [2.45, 2.75) is 46.5 Å². The van der Waals surface area contributed by atoms with Crippen LogP contribution in [0.4, 0.5) is 5.82 Å². The van der Waals surface area contributed by atoms with Gasteiger partial charge in [0.05, 0.1) is 0 Å². The molecule has 1 aromatic heterocycles. The maximum atomic E-state index is 4.75. The monoisotopic (exact) mass is 245 g/mol.